The van der Waals surface area contributed by atoms with E-state index < -0.39 is 0 Å². The largest absolute Gasteiger partial charge is 0.324 e. The first-order valence-electron chi connectivity index (χ1n) is 10.5. The van der Waals surface area contributed by atoms with Gasteiger partial charge < -0.3 is 4.57 Å². The van der Waals surface area contributed by atoms with E-state index in [1.54, 1.807) is 0 Å². The molecule has 2 fully saturated rings. The fraction of sp³-hybridized carbons (Fsp3) is 0.609. The average molecular weight is 352 g/mol. The summed E-state index contributed by atoms with van der Waals surface area (Å²) in [7, 11) is 0. The van der Waals surface area contributed by atoms with Gasteiger partial charge in [-0.2, -0.15) is 0 Å². The number of allylic oxidation sites excluding steroid dienone is 1. The molecule has 0 radical (unpaired) electrons. The zero-order valence-electron chi connectivity index (χ0n) is 16.7. The first-order chi connectivity index (χ1) is 12.6. The minimum absolute atomic E-state index is 0.643. The maximum absolute atomic E-state index is 5.19. The maximum atomic E-state index is 5.19. The molecule has 1 unspecified atom stereocenters. The molecule has 1 aliphatic heterocycles. The molecule has 140 valence electrons. The molecule has 2 aromatic rings. The summed E-state index contributed by atoms with van der Waals surface area (Å²) in [4.78, 5) is 7.81. The lowest BCUT2D eigenvalue weighted by Crippen LogP contribution is -2.25. The van der Waals surface area contributed by atoms with Crippen molar-refractivity contribution in [2.75, 3.05) is 13.1 Å². The lowest BCUT2D eigenvalue weighted by molar-refractivity contribution is 0.272. The molecule has 1 saturated carbocycles. The number of nitrogens with zero attached hydrogens (tertiary/aromatic N) is 3. The topological polar surface area (TPSA) is 21.1 Å². The van der Waals surface area contributed by atoms with Crippen LogP contribution in [0.5, 0.6) is 0 Å². The van der Waals surface area contributed by atoms with Gasteiger partial charge in [-0.25, -0.2) is 4.98 Å². The Morgan fingerprint density at radius 3 is 2.62 bits per heavy atom. The summed E-state index contributed by atoms with van der Waals surface area (Å²) in [6.45, 7) is 14.3. The molecular formula is C23H33N3. The molecule has 3 heteroatoms. The summed E-state index contributed by atoms with van der Waals surface area (Å²) in [5.41, 5.74) is 6.36. The van der Waals surface area contributed by atoms with E-state index in [9.17, 15) is 0 Å². The van der Waals surface area contributed by atoms with Crippen molar-refractivity contribution in [2.45, 2.75) is 71.9 Å². The number of aryl methyl sites for hydroxylation is 1. The molecule has 4 rings (SSSR count). The third-order valence-corrected chi connectivity index (χ3v) is 6.57. The summed E-state index contributed by atoms with van der Waals surface area (Å²) in [5.74, 6) is 2.16. The lowest BCUT2D eigenvalue weighted by Gasteiger charge is -2.30. The van der Waals surface area contributed by atoms with Crippen molar-refractivity contribution in [3.63, 3.8) is 0 Å². The third kappa shape index (κ3) is 3.11. The van der Waals surface area contributed by atoms with Gasteiger partial charge in [-0.1, -0.05) is 32.4 Å². The van der Waals surface area contributed by atoms with Crippen LogP contribution >= 0.6 is 0 Å². The third-order valence-electron chi connectivity index (χ3n) is 6.57. The maximum Gasteiger partial charge on any atom is 0.124 e. The number of fused-ring (bicyclic) bond motifs is 1. The van der Waals surface area contributed by atoms with Crippen LogP contribution in [0.3, 0.4) is 0 Å². The fourth-order valence-electron chi connectivity index (χ4n) is 4.58. The second-order valence-corrected chi connectivity index (χ2v) is 8.42. The molecule has 2 heterocycles. The minimum Gasteiger partial charge on any atom is -0.324 e. The second-order valence-electron chi connectivity index (χ2n) is 8.42. The Hall–Kier alpha value is -1.61. The van der Waals surface area contributed by atoms with Crippen LogP contribution in [0.1, 0.15) is 75.9 Å². The van der Waals surface area contributed by atoms with Gasteiger partial charge in [0.05, 0.1) is 17.6 Å². The van der Waals surface area contributed by atoms with E-state index in [1.807, 2.05) is 0 Å². The number of rotatable bonds is 6. The highest BCUT2D eigenvalue weighted by Crippen LogP contribution is 2.38. The van der Waals surface area contributed by atoms with E-state index in [2.05, 4.69) is 48.9 Å². The van der Waals surface area contributed by atoms with Crippen molar-refractivity contribution in [2.24, 2.45) is 5.92 Å². The van der Waals surface area contributed by atoms with Crippen LogP contribution in [-0.2, 0) is 13.0 Å². The normalized spacial score (nSPS) is 21.4. The SMILES string of the molecule is C=C(C)c1cc(CC)c2nc(CN3CCC(CC)C3)n(C3CCC3)c2c1. The molecule has 0 N–H and O–H groups in total. The minimum atomic E-state index is 0.643. The second kappa shape index (κ2) is 7.19. The Balaban J connectivity index is 1.77. The Labute approximate surface area is 158 Å². The summed E-state index contributed by atoms with van der Waals surface area (Å²) in [5, 5.41) is 0. The van der Waals surface area contributed by atoms with Crippen molar-refractivity contribution < 1.29 is 0 Å². The van der Waals surface area contributed by atoms with Crippen molar-refractivity contribution in [3.8, 4) is 0 Å². The van der Waals surface area contributed by atoms with Gasteiger partial charge in [0.2, 0.25) is 0 Å². The molecule has 1 aromatic heterocycles. The van der Waals surface area contributed by atoms with Gasteiger partial charge in [0, 0.05) is 12.6 Å². The van der Waals surface area contributed by atoms with Crippen molar-refractivity contribution >= 4 is 16.6 Å². The Bertz CT molecular complexity index is 812. The highest BCUT2D eigenvalue weighted by atomic mass is 15.2. The quantitative estimate of drug-likeness (QED) is 0.676. The summed E-state index contributed by atoms with van der Waals surface area (Å²) in [6.07, 6.45) is 7.63. The van der Waals surface area contributed by atoms with Gasteiger partial charge in [0.15, 0.2) is 0 Å². The van der Waals surface area contributed by atoms with E-state index in [-0.39, 0.29) is 0 Å². The van der Waals surface area contributed by atoms with Gasteiger partial charge in [0.1, 0.15) is 5.82 Å². The zero-order chi connectivity index (χ0) is 18.3. The summed E-state index contributed by atoms with van der Waals surface area (Å²) < 4.78 is 2.59. The van der Waals surface area contributed by atoms with Crippen LogP contribution < -0.4 is 0 Å². The zero-order valence-corrected chi connectivity index (χ0v) is 16.7. The van der Waals surface area contributed by atoms with Crippen LogP contribution in [0, 0.1) is 5.92 Å². The molecule has 0 spiro atoms. The molecule has 1 saturated heterocycles. The molecule has 1 aromatic carbocycles. The smallest absolute Gasteiger partial charge is 0.124 e. The van der Waals surface area contributed by atoms with Crippen LogP contribution in [0.25, 0.3) is 16.6 Å². The van der Waals surface area contributed by atoms with E-state index in [0.717, 1.165) is 24.5 Å². The van der Waals surface area contributed by atoms with Crippen molar-refractivity contribution in [1.82, 2.24) is 14.5 Å². The first-order valence-corrected chi connectivity index (χ1v) is 10.5. The van der Waals surface area contributed by atoms with Crippen LogP contribution in [0.2, 0.25) is 0 Å². The van der Waals surface area contributed by atoms with Gasteiger partial charge in [-0.05, 0) is 74.8 Å². The highest BCUT2D eigenvalue weighted by Gasteiger charge is 2.28. The van der Waals surface area contributed by atoms with Crippen LogP contribution in [-0.4, -0.2) is 27.5 Å². The number of aromatic nitrogens is 2. The van der Waals surface area contributed by atoms with Gasteiger partial charge in [-0.3, -0.25) is 4.90 Å². The van der Waals surface area contributed by atoms with E-state index >= 15 is 0 Å². The average Bonchev–Trinajstić information content (AvgIpc) is 3.18. The molecule has 3 nitrogen and oxygen atoms in total. The van der Waals surface area contributed by atoms with E-state index in [0.29, 0.717) is 6.04 Å². The van der Waals surface area contributed by atoms with Crippen molar-refractivity contribution in [3.05, 3.63) is 35.7 Å². The lowest BCUT2D eigenvalue weighted by atomic mass is 9.92. The molecule has 1 aliphatic carbocycles. The van der Waals surface area contributed by atoms with Gasteiger partial charge in [-0.15, -0.1) is 0 Å². The number of benzene rings is 1. The predicted molar refractivity (Wildman–Crippen MR) is 110 cm³/mol. The van der Waals surface area contributed by atoms with Gasteiger partial charge in [0.25, 0.3) is 0 Å². The predicted octanol–water partition coefficient (Wildman–Crippen LogP) is 5.59. The van der Waals surface area contributed by atoms with Crippen LogP contribution in [0.4, 0.5) is 0 Å². The number of likely N-dealkylation sites (tertiary alicyclic amines) is 1. The molecule has 1 atom stereocenters. The monoisotopic (exact) mass is 351 g/mol. The molecule has 0 amide bonds. The van der Waals surface area contributed by atoms with Crippen LogP contribution in [0.15, 0.2) is 18.7 Å². The number of hydrogen-bond acceptors (Lipinski definition) is 2. The molecule has 26 heavy (non-hydrogen) atoms. The number of hydrogen-bond donors (Lipinski definition) is 0. The van der Waals surface area contributed by atoms with Crippen molar-refractivity contribution in [1.29, 1.82) is 0 Å². The molecular weight excluding hydrogens is 318 g/mol. The Morgan fingerprint density at radius 1 is 1.23 bits per heavy atom. The Kier molecular flexibility index (Phi) is 4.92. The number of imidazole rings is 1. The van der Waals surface area contributed by atoms with E-state index in [1.165, 1.54) is 73.2 Å². The standard InChI is InChI=1S/C23H33N3/c1-5-17-10-11-25(14-17)15-22-24-23-18(6-2)12-19(16(3)4)13-21(23)26(22)20-8-7-9-20/h12-13,17,20H,3,5-11,14-15H2,1-2,4H3. The Morgan fingerprint density at radius 2 is 2.04 bits per heavy atom. The fourth-order valence-corrected chi connectivity index (χ4v) is 4.58. The summed E-state index contributed by atoms with van der Waals surface area (Å²) in [6, 6.07) is 5.28. The van der Waals surface area contributed by atoms with E-state index in [4.69, 9.17) is 4.98 Å². The first kappa shape index (κ1) is 17.8. The summed E-state index contributed by atoms with van der Waals surface area (Å²) >= 11 is 0. The molecule has 2 aliphatic rings. The molecule has 0 bridgehead atoms. The van der Waals surface area contributed by atoms with Gasteiger partial charge >= 0.3 is 0 Å². The highest BCUT2D eigenvalue weighted by molar-refractivity contribution is 5.84.